The van der Waals surface area contributed by atoms with Gasteiger partial charge in [0.1, 0.15) is 0 Å². The predicted molar refractivity (Wildman–Crippen MR) is 121 cm³/mol. The predicted octanol–water partition coefficient (Wildman–Crippen LogP) is 1.77. The van der Waals surface area contributed by atoms with Crippen LogP contribution in [0.15, 0.2) is 41.3 Å². The van der Waals surface area contributed by atoms with Crippen molar-refractivity contribution in [3.63, 3.8) is 0 Å². The van der Waals surface area contributed by atoms with E-state index in [1.807, 2.05) is 0 Å². The van der Waals surface area contributed by atoms with Crippen LogP contribution in [0.2, 0.25) is 0 Å². The van der Waals surface area contributed by atoms with E-state index in [9.17, 15) is 33.4 Å². The summed E-state index contributed by atoms with van der Waals surface area (Å²) >= 11 is 0. The van der Waals surface area contributed by atoms with Crippen LogP contribution in [-0.4, -0.2) is 73.2 Å². The second-order valence-electron chi connectivity index (χ2n) is 7.58. The quantitative estimate of drug-likeness (QED) is 0.426. The number of piperazine rings is 1. The lowest BCUT2D eigenvalue weighted by atomic mass is 10.2. The molecule has 0 bridgehead atoms. The average molecular weight is 493 g/mol. The zero-order valence-electron chi connectivity index (χ0n) is 18.5. The molecule has 0 atom stereocenters. The van der Waals surface area contributed by atoms with Crippen molar-refractivity contribution in [2.75, 3.05) is 45.2 Å². The molecule has 0 saturated carbocycles. The van der Waals surface area contributed by atoms with E-state index in [1.165, 1.54) is 41.7 Å². The number of carbonyl (C=O) groups is 1. The molecule has 0 unspecified atom stereocenters. The molecule has 0 spiro atoms. The van der Waals surface area contributed by atoms with Gasteiger partial charge in [-0.1, -0.05) is 0 Å². The molecule has 1 saturated heterocycles. The monoisotopic (exact) mass is 493 g/mol. The molecule has 34 heavy (non-hydrogen) atoms. The zero-order chi connectivity index (χ0) is 25.0. The van der Waals surface area contributed by atoms with Gasteiger partial charge in [-0.15, -0.1) is 0 Å². The molecule has 1 aliphatic rings. The van der Waals surface area contributed by atoms with Gasteiger partial charge in [0.05, 0.1) is 28.4 Å². The number of ether oxygens (including phenoxy) is 1. The molecular formula is C20H23N5O8S. The standard InChI is InChI=1S/C20H23N5O8S/c1-14-11-15(24(27)28)3-5-17(14)21-20(26)13-22-7-9-23(10-8-22)34(31,32)16-4-6-19(33-2)18(12-16)25(29)30/h3-6,11-12H,7-10,13H2,1-2H3,(H,21,26). The van der Waals surface area contributed by atoms with Crippen LogP contribution in [0, 0.1) is 27.2 Å². The average Bonchev–Trinajstić information content (AvgIpc) is 2.80. The Morgan fingerprint density at radius 2 is 1.74 bits per heavy atom. The van der Waals surface area contributed by atoms with Crippen molar-refractivity contribution >= 4 is 33.0 Å². The van der Waals surface area contributed by atoms with E-state index < -0.39 is 25.6 Å². The Hall–Kier alpha value is -3.62. The molecule has 1 amide bonds. The number of rotatable bonds is 8. The van der Waals surface area contributed by atoms with E-state index in [1.54, 1.807) is 11.8 Å². The molecule has 1 fully saturated rings. The fourth-order valence-corrected chi connectivity index (χ4v) is 4.99. The van der Waals surface area contributed by atoms with Crippen molar-refractivity contribution in [1.82, 2.24) is 9.21 Å². The van der Waals surface area contributed by atoms with E-state index in [-0.39, 0.29) is 55.0 Å². The Balaban J connectivity index is 1.61. The summed E-state index contributed by atoms with van der Waals surface area (Å²) in [6.07, 6.45) is 0. The Kier molecular flexibility index (Phi) is 7.44. The van der Waals surface area contributed by atoms with Crippen molar-refractivity contribution < 1.29 is 27.8 Å². The summed E-state index contributed by atoms with van der Waals surface area (Å²) in [4.78, 5) is 34.8. The molecule has 1 N–H and O–H groups in total. The van der Waals surface area contributed by atoms with Gasteiger partial charge in [0.2, 0.25) is 15.9 Å². The molecule has 1 heterocycles. The first-order valence-electron chi connectivity index (χ1n) is 10.1. The fourth-order valence-electron chi connectivity index (χ4n) is 3.54. The maximum atomic E-state index is 13.0. The van der Waals surface area contributed by atoms with Gasteiger partial charge in [-0.2, -0.15) is 4.31 Å². The van der Waals surface area contributed by atoms with Gasteiger partial charge in [0.25, 0.3) is 5.69 Å². The van der Waals surface area contributed by atoms with Crippen LogP contribution in [0.25, 0.3) is 0 Å². The number of carbonyl (C=O) groups excluding carboxylic acids is 1. The van der Waals surface area contributed by atoms with E-state index in [4.69, 9.17) is 4.74 Å². The van der Waals surface area contributed by atoms with Gasteiger partial charge < -0.3 is 10.1 Å². The SMILES string of the molecule is COc1ccc(S(=O)(=O)N2CCN(CC(=O)Nc3ccc([N+](=O)[O-])cc3C)CC2)cc1[N+](=O)[O-]. The number of hydrogen-bond donors (Lipinski definition) is 1. The summed E-state index contributed by atoms with van der Waals surface area (Å²) < 4.78 is 32.1. The first kappa shape index (κ1) is 25.0. The van der Waals surface area contributed by atoms with Crippen LogP contribution in [-0.2, 0) is 14.8 Å². The van der Waals surface area contributed by atoms with Crippen LogP contribution < -0.4 is 10.1 Å². The Labute approximate surface area is 195 Å². The molecule has 3 rings (SSSR count). The summed E-state index contributed by atoms with van der Waals surface area (Å²) in [7, 11) is -2.71. The van der Waals surface area contributed by atoms with E-state index in [0.717, 1.165) is 6.07 Å². The van der Waals surface area contributed by atoms with Gasteiger partial charge in [0.15, 0.2) is 5.75 Å². The molecule has 0 radical (unpaired) electrons. The Morgan fingerprint density at radius 1 is 1.06 bits per heavy atom. The number of hydrogen-bond acceptors (Lipinski definition) is 9. The number of benzene rings is 2. The lowest BCUT2D eigenvalue weighted by Gasteiger charge is -2.33. The van der Waals surface area contributed by atoms with Crippen molar-refractivity contribution in [2.24, 2.45) is 0 Å². The third kappa shape index (κ3) is 5.47. The van der Waals surface area contributed by atoms with E-state index in [2.05, 4.69) is 5.32 Å². The number of nitro benzene ring substituents is 2. The normalized spacial score (nSPS) is 15.0. The number of nitro groups is 2. The number of non-ortho nitro benzene ring substituents is 1. The summed E-state index contributed by atoms with van der Waals surface area (Å²) in [5, 5.41) is 24.8. The molecule has 2 aromatic carbocycles. The highest BCUT2D eigenvalue weighted by Crippen LogP contribution is 2.30. The molecule has 14 heteroatoms. The minimum Gasteiger partial charge on any atom is -0.490 e. The first-order chi connectivity index (χ1) is 16.0. The smallest absolute Gasteiger partial charge is 0.312 e. The molecule has 0 aromatic heterocycles. The zero-order valence-corrected chi connectivity index (χ0v) is 19.3. The molecular weight excluding hydrogens is 470 g/mol. The van der Waals surface area contributed by atoms with E-state index in [0.29, 0.717) is 11.3 Å². The van der Waals surface area contributed by atoms with Crippen molar-refractivity contribution in [3.05, 3.63) is 62.2 Å². The van der Waals surface area contributed by atoms with Gasteiger partial charge in [-0.3, -0.25) is 29.9 Å². The lowest BCUT2D eigenvalue weighted by molar-refractivity contribution is -0.386. The van der Waals surface area contributed by atoms with E-state index >= 15 is 0 Å². The maximum absolute atomic E-state index is 13.0. The van der Waals surface area contributed by atoms with Gasteiger partial charge in [0, 0.05) is 50.1 Å². The van der Waals surface area contributed by atoms with Crippen molar-refractivity contribution in [3.8, 4) is 5.75 Å². The number of sulfonamides is 1. The maximum Gasteiger partial charge on any atom is 0.312 e. The highest BCUT2D eigenvalue weighted by molar-refractivity contribution is 7.89. The van der Waals surface area contributed by atoms with Crippen LogP contribution in [0.5, 0.6) is 5.75 Å². The third-order valence-electron chi connectivity index (χ3n) is 5.38. The second-order valence-corrected chi connectivity index (χ2v) is 9.51. The summed E-state index contributed by atoms with van der Waals surface area (Å²) in [6.45, 7) is 2.43. The molecule has 0 aliphatic carbocycles. The van der Waals surface area contributed by atoms with Gasteiger partial charge in [-0.05, 0) is 30.7 Å². The minimum absolute atomic E-state index is 0.0122. The number of anilines is 1. The topological polar surface area (TPSA) is 165 Å². The number of methoxy groups -OCH3 is 1. The lowest BCUT2D eigenvalue weighted by Crippen LogP contribution is -2.50. The highest BCUT2D eigenvalue weighted by atomic mass is 32.2. The van der Waals surface area contributed by atoms with Crippen LogP contribution in [0.4, 0.5) is 17.1 Å². The number of nitrogens with zero attached hydrogens (tertiary/aromatic N) is 4. The summed E-state index contributed by atoms with van der Waals surface area (Å²) in [5.74, 6) is -0.373. The molecule has 13 nitrogen and oxygen atoms in total. The van der Waals surface area contributed by atoms with Crippen LogP contribution >= 0.6 is 0 Å². The summed E-state index contributed by atoms with van der Waals surface area (Å²) in [5.41, 5.74) is 0.486. The number of aryl methyl sites for hydroxylation is 1. The third-order valence-corrected chi connectivity index (χ3v) is 7.27. The Bertz CT molecular complexity index is 1230. The van der Waals surface area contributed by atoms with Crippen LogP contribution in [0.3, 0.4) is 0 Å². The largest absolute Gasteiger partial charge is 0.490 e. The highest BCUT2D eigenvalue weighted by Gasteiger charge is 2.31. The molecule has 1 aliphatic heterocycles. The number of amides is 1. The van der Waals surface area contributed by atoms with Crippen molar-refractivity contribution in [1.29, 1.82) is 0 Å². The number of nitrogens with one attached hydrogen (secondary N) is 1. The molecule has 182 valence electrons. The van der Waals surface area contributed by atoms with Crippen molar-refractivity contribution in [2.45, 2.75) is 11.8 Å². The van der Waals surface area contributed by atoms with Gasteiger partial charge in [-0.25, -0.2) is 8.42 Å². The van der Waals surface area contributed by atoms with Gasteiger partial charge >= 0.3 is 5.69 Å². The summed E-state index contributed by atoms with van der Waals surface area (Å²) in [6, 6.07) is 7.60. The van der Waals surface area contributed by atoms with Crippen LogP contribution in [0.1, 0.15) is 5.56 Å². The minimum atomic E-state index is -3.97. The first-order valence-corrected chi connectivity index (χ1v) is 11.6. The fraction of sp³-hybridized carbons (Fsp3) is 0.350. The second kappa shape index (κ2) is 10.1. The Morgan fingerprint density at radius 3 is 2.29 bits per heavy atom. The molecule has 2 aromatic rings.